The van der Waals surface area contributed by atoms with Crippen molar-refractivity contribution in [3.8, 4) is 0 Å². The smallest absolute Gasteiger partial charge is 0.405 e. The molecule has 0 radical (unpaired) electrons. The van der Waals surface area contributed by atoms with Crippen molar-refractivity contribution in [3.63, 3.8) is 0 Å². The molecular formula is C11H14N2O4. The van der Waals surface area contributed by atoms with Crippen molar-refractivity contribution in [2.45, 2.75) is 19.0 Å². The van der Waals surface area contributed by atoms with E-state index in [2.05, 4.69) is 10.6 Å². The van der Waals surface area contributed by atoms with E-state index < -0.39 is 24.3 Å². The summed E-state index contributed by atoms with van der Waals surface area (Å²) >= 11 is 0. The molecule has 0 saturated heterocycles. The Morgan fingerprint density at radius 1 is 1.06 bits per heavy atom. The maximum atomic E-state index is 10.7. The monoisotopic (exact) mass is 238 g/mol. The van der Waals surface area contributed by atoms with Crippen LogP contribution in [0.2, 0.25) is 0 Å². The van der Waals surface area contributed by atoms with Crippen LogP contribution < -0.4 is 10.6 Å². The summed E-state index contributed by atoms with van der Waals surface area (Å²) in [7, 11) is 0. The molecule has 0 aliphatic heterocycles. The van der Waals surface area contributed by atoms with Crippen LogP contribution in [-0.2, 0) is 0 Å². The lowest BCUT2D eigenvalue weighted by molar-refractivity contribution is 0.177. The summed E-state index contributed by atoms with van der Waals surface area (Å²) in [5, 5.41) is 21.9. The van der Waals surface area contributed by atoms with Gasteiger partial charge in [0.2, 0.25) is 0 Å². The highest BCUT2D eigenvalue weighted by molar-refractivity contribution is 5.67. The number of amides is 2. The molecular weight excluding hydrogens is 224 g/mol. The van der Waals surface area contributed by atoms with Gasteiger partial charge in [0.1, 0.15) is 0 Å². The highest BCUT2D eigenvalue weighted by Crippen LogP contribution is 2.16. The van der Waals surface area contributed by atoms with Crippen molar-refractivity contribution in [2.24, 2.45) is 0 Å². The van der Waals surface area contributed by atoms with Gasteiger partial charge in [-0.15, -0.1) is 0 Å². The Morgan fingerprint density at radius 3 is 2.06 bits per heavy atom. The van der Waals surface area contributed by atoms with Gasteiger partial charge >= 0.3 is 12.2 Å². The lowest BCUT2D eigenvalue weighted by Gasteiger charge is -2.24. The van der Waals surface area contributed by atoms with E-state index >= 15 is 0 Å². The molecule has 1 rings (SSSR count). The van der Waals surface area contributed by atoms with Gasteiger partial charge in [0.15, 0.2) is 0 Å². The van der Waals surface area contributed by atoms with Gasteiger partial charge in [-0.05, 0) is 12.5 Å². The van der Waals surface area contributed by atoms with Crippen LogP contribution in [0.4, 0.5) is 9.59 Å². The van der Waals surface area contributed by atoms with Crippen LogP contribution in [0.25, 0.3) is 0 Å². The molecule has 2 atom stereocenters. The van der Waals surface area contributed by atoms with Crippen molar-refractivity contribution in [1.29, 1.82) is 0 Å². The third kappa shape index (κ3) is 4.02. The molecule has 2 unspecified atom stereocenters. The first-order valence-corrected chi connectivity index (χ1v) is 5.04. The van der Waals surface area contributed by atoms with E-state index in [1.807, 2.05) is 0 Å². The fourth-order valence-electron chi connectivity index (χ4n) is 1.57. The quantitative estimate of drug-likeness (QED) is 0.641. The summed E-state index contributed by atoms with van der Waals surface area (Å²) in [5.41, 5.74) is 0.705. The molecule has 0 spiro atoms. The van der Waals surface area contributed by atoms with Gasteiger partial charge < -0.3 is 20.8 Å². The molecule has 0 aromatic heterocycles. The molecule has 6 nitrogen and oxygen atoms in total. The molecule has 2 amide bonds. The standard InChI is InChI=1S/C11H14N2O4/c1-7(12-10(14)15)9(13-11(16)17)8-5-3-2-4-6-8/h2-7,9,12-13H,1H3,(H,14,15)(H,16,17). The van der Waals surface area contributed by atoms with Crippen molar-refractivity contribution < 1.29 is 19.8 Å². The fraction of sp³-hybridized carbons (Fsp3) is 0.273. The van der Waals surface area contributed by atoms with Gasteiger partial charge in [0, 0.05) is 0 Å². The average Bonchev–Trinajstić information content (AvgIpc) is 2.25. The molecule has 0 aliphatic rings. The lowest BCUT2D eigenvalue weighted by Crippen LogP contribution is -2.43. The van der Waals surface area contributed by atoms with Crippen LogP contribution in [0.5, 0.6) is 0 Å². The largest absolute Gasteiger partial charge is 0.465 e. The van der Waals surface area contributed by atoms with Gasteiger partial charge in [-0.25, -0.2) is 9.59 Å². The second-order valence-corrected chi connectivity index (χ2v) is 3.58. The number of carbonyl (C=O) groups is 2. The SMILES string of the molecule is CC(NC(=O)O)C(NC(=O)O)c1ccccc1. The zero-order valence-corrected chi connectivity index (χ0v) is 9.25. The molecule has 92 valence electrons. The zero-order chi connectivity index (χ0) is 12.8. The van der Waals surface area contributed by atoms with Gasteiger partial charge in [0.05, 0.1) is 12.1 Å². The fourth-order valence-corrected chi connectivity index (χ4v) is 1.57. The molecule has 0 aliphatic carbocycles. The van der Waals surface area contributed by atoms with Crippen LogP contribution in [0.3, 0.4) is 0 Å². The maximum absolute atomic E-state index is 10.7. The van der Waals surface area contributed by atoms with E-state index in [9.17, 15) is 9.59 Å². The van der Waals surface area contributed by atoms with Crippen molar-refractivity contribution in [3.05, 3.63) is 35.9 Å². The molecule has 6 heteroatoms. The summed E-state index contributed by atoms with van der Waals surface area (Å²) in [5.74, 6) is 0. The third-order valence-corrected chi connectivity index (χ3v) is 2.29. The molecule has 1 aromatic rings. The highest BCUT2D eigenvalue weighted by Gasteiger charge is 2.22. The molecule has 0 saturated carbocycles. The lowest BCUT2D eigenvalue weighted by atomic mass is 10.0. The number of hydrogen-bond acceptors (Lipinski definition) is 2. The van der Waals surface area contributed by atoms with E-state index in [-0.39, 0.29) is 0 Å². The first-order chi connectivity index (χ1) is 8.00. The molecule has 17 heavy (non-hydrogen) atoms. The summed E-state index contributed by atoms with van der Waals surface area (Å²) in [4.78, 5) is 21.2. The number of nitrogens with one attached hydrogen (secondary N) is 2. The van der Waals surface area contributed by atoms with Crippen LogP contribution in [0.1, 0.15) is 18.5 Å². The first-order valence-electron chi connectivity index (χ1n) is 5.04. The van der Waals surface area contributed by atoms with Gasteiger partial charge in [-0.3, -0.25) is 0 Å². The van der Waals surface area contributed by atoms with E-state index in [0.717, 1.165) is 0 Å². The second-order valence-electron chi connectivity index (χ2n) is 3.58. The third-order valence-electron chi connectivity index (χ3n) is 2.29. The van der Waals surface area contributed by atoms with Crippen molar-refractivity contribution in [1.82, 2.24) is 10.6 Å². The minimum Gasteiger partial charge on any atom is -0.465 e. The summed E-state index contributed by atoms with van der Waals surface area (Å²) < 4.78 is 0. The summed E-state index contributed by atoms with van der Waals surface area (Å²) in [6, 6.07) is 7.62. The molecule has 4 N–H and O–H groups in total. The Morgan fingerprint density at radius 2 is 1.59 bits per heavy atom. The van der Waals surface area contributed by atoms with Crippen LogP contribution in [-0.4, -0.2) is 28.4 Å². The maximum Gasteiger partial charge on any atom is 0.405 e. The highest BCUT2D eigenvalue weighted by atomic mass is 16.4. The molecule has 0 bridgehead atoms. The minimum atomic E-state index is -1.20. The van der Waals surface area contributed by atoms with E-state index in [4.69, 9.17) is 10.2 Å². The number of hydrogen-bond donors (Lipinski definition) is 4. The van der Waals surface area contributed by atoms with Crippen LogP contribution in [0, 0.1) is 0 Å². The average molecular weight is 238 g/mol. The molecule has 0 heterocycles. The number of rotatable bonds is 4. The Bertz CT molecular complexity index is 394. The Hall–Kier alpha value is -2.24. The predicted molar refractivity (Wildman–Crippen MR) is 61.0 cm³/mol. The van der Waals surface area contributed by atoms with Gasteiger partial charge in [-0.2, -0.15) is 0 Å². The van der Waals surface area contributed by atoms with Crippen molar-refractivity contribution >= 4 is 12.2 Å². The van der Waals surface area contributed by atoms with Crippen LogP contribution >= 0.6 is 0 Å². The normalized spacial score (nSPS) is 13.5. The van der Waals surface area contributed by atoms with Crippen LogP contribution in [0.15, 0.2) is 30.3 Å². The van der Waals surface area contributed by atoms with Crippen molar-refractivity contribution in [2.75, 3.05) is 0 Å². The van der Waals surface area contributed by atoms with Gasteiger partial charge in [0.25, 0.3) is 0 Å². The second kappa shape index (κ2) is 5.74. The number of carboxylic acid groups (broad SMARTS) is 2. The number of benzene rings is 1. The van der Waals surface area contributed by atoms with Gasteiger partial charge in [-0.1, -0.05) is 30.3 Å². The first kappa shape index (κ1) is 12.8. The minimum absolute atomic E-state index is 0.564. The topological polar surface area (TPSA) is 98.7 Å². The van der Waals surface area contributed by atoms with E-state index in [1.54, 1.807) is 37.3 Å². The molecule has 0 fully saturated rings. The summed E-state index contributed by atoms with van der Waals surface area (Å²) in [6.07, 6.45) is -2.39. The molecule has 1 aromatic carbocycles. The van der Waals surface area contributed by atoms with E-state index in [0.29, 0.717) is 5.56 Å². The summed E-state index contributed by atoms with van der Waals surface area (Å²) in [6.45, 7) is 1.60. The predicted octanol–water partition coefficient (Wildman–Crippen LogP) is 1.65. The Balaban J connectivity index is 2.87. The van der Waals surface area contributed by atoms with E-state index in [1.165, 1.54) is 0 Å². The zero-order valence-electron chi connectivity index (χ0n) is 9.25. The Kier molecular flexibility index (Phi) is 4.33. The Labute approximate surface area is 98.3 Å².